The molecule has 4 aromatic carbocycles. The molecule has 0 amide bonds. The summed E-state index contributed by atoms with van der Waals surface area (Å²) in [4.78, 5) is 0. The van der Waals surface area contributed by atoms with Crippen molar-refractivity contribution in [2.24, 2.45) is 0 Å². The van der Waals surface area contributed by atoms with Crippen molar-refractivity contribution in [1.82, 2.24) is 0 Å². The molecule has 0 heterocycles. The fraction of sp³-hybridized carbons (Fsp3) is 0.100. The molecule has 0 aromatic heterocycles. The first-order valence-electron chi connectivity index (χ1n) is 7.49. The predicted octanol–water partition coefficient (Wildman–Crippen LogP) is 4.23. The van der Waals surface area contributed by atoms with Crippen molar-refractivity contribution in [2.75, 3.05) is 0 Å². The predicted molar refractivity (Wildman–Crippen MR) is 88.9 cm³/mol. The summed E-state index contributed by atoms with van der Waals surface area (Å²) in [5, 5.41) is 27.8. The Bertz CT molecular complexity index is 1070. The zero-order valence-electron chi connectivity index (χ0n) is 11.8. The molecule has 1 aliphatic carbocycles. The maximum Gasteiger partial charge on any atom is 0.110 e. The number of benzene rings is 4. The Hall–Kier alpha value is -2.42. The number of hydrogen-bond acceptors (Lipinski definition) is 2. The van der Waals surface area contributed by atoms with Gasteiger partial charge in [-0.1, -0.05) is 54.6 Å². The molecule has 0 saturated carbocycles. The van der Waals surface area contributed by atoms with Gasteiger partial charge in [-0.15, -0.1) is 0 Å². The maximum atomic E-state index is 10.7. The number of rotatable bonds is 0. The fourth-order valence-corrected chi connectivity index (χ4v) is 3.89. The Morgan fingerprint density at radius 3 is 2.32 bits per heavy atom. The highest BCUT2D eigenvalue weighted by molar-refractivity contribution is 6.17. The van der Waals surface area contributed by atoms with E-state index in [4.69, 9.17) is 0 Å². The number of aliphatic hydroxyl groups excluding tert-OH is 2. The second-order valence-electron chi connectivity index (χ2n) is 6.01. The third kappa shape index (κ3) is 1.36. The third-order valence-corrected chi connectivity index (χ3v) is 4.85. The SMILES string of the molecule is OC1c2cccc3ccc4cc5ccccc5c(c4c23)C1O. The van der Waals surface area contributed by atoms with Crippen LogP contribution in [-0.2, 0) is 0 Å². The Morgan fingerprint density at radius 1 is 0.636 bits per heavy atom. The highest BCUT2D eigenvalue weighted by Gasteiger charge is 2.31. The first-order chi connectivity index (χ1) is 10.8. The van der Waals surface area contributed by atoms with E-state index in [-0.39, 0.29) is 0 Å². The molecule has 0 fully saturated rings. The smallest absolute Gasteiger partial charge is 0.110 e. The second kappa shape index (κ2) is 4.07. The van der Waals surface area contributed by atoms with Gasteiger partial charge in [0.25, 0.3) is 0 Å². The summed E-state index contributed by atoms with van der Waals surface area (Å²) in [6, 6.07) is 20.3. The van der Waals surface area contributed by atoms with Gasteiger partial charge >= 0.3 is 0 Å². The molecule has 0 bridgehead atoms. The molecule has 2 heteroatoms. The van der Waals surface area contributed by atoms with Gasteiger partial charge in [-0.2, -0.15) is 0 Å². The summed E-state index contributed by atoms with van der Waals surface area (Å²) >= 11 is 0. The molecule has 0 aliphatic heterocycles. The van der Waals surface area contributed by atoms with Gasteiger partial charge in [0.1, 0.15) is 12.2 Å². The van der Waals surface area contributed by atoms with Crippen LogP contribution in [0.3, 0.4) is 0 Å². The standard InChI is InChI=1S/C20H14O2/c21-19-15-7-3-5-11-8-9-13-10-12-4-1-2-6-14(12)18(20(19)22)17(13)16(11)15/h1-10,19-22H. The van der Waals surface area contributed by atoms with E-state index in [2.05, 4.69) is 30.3 Å². The van der Waals surface area contributed by atoms with Crippen LogP contribution in [0.15, 0.2) is 60.7 Å². The average molecular weight is 286 g/mol. The fourth-order valence-electron chi connectivity index (χ4n) is 3.89. The molecule has 2 atom stereocenters. The van der Waals surface area contributed by atoms with E-state index in [0.717, 1.165) is 43.4 Å². The topological polar surface area (TPSA) is 40.5 Å². The van der Waals surface area contributed by atoms with Gasteiger partial charge in [0.05, 0.1) is 0 Å². The van der Waals surface area contributed by atoms with Crippen LogP contribution in [0.5, 0.6) is 0 Å². The molecule has 2 nitrogen and oxygen atoms in total. The quantitative estimate of drug-likeness (QED) is 0.375. The van der Waals surface area contributed by atoms with E-state index in [1.165, 1.54) is 0 Å². The van der Waals surface area contributed by atoms with Crippen LogP contribution in [0.2, 0.25) is 0 Å². The zero-order chi connectivity index (χ0) is 14.8. The molecule has 0 saturated heterocycles. The first-order valence-corrected chi connectivity index (χ1v) is 7.49. The van der Waals surface area contributed by atoms with Crippen molar-refractivity contribution in [1.29, 1.82) is 0 Å². The van der Waals surface area contributed by atoms with Crippen molar-refractivity contribution < 1.29 is 10.2 Å². The van der Waals surface area contributed by atoms with Crippen LogP contribution in [0, 0.1) is 0 Å². The van der Waals surface area contributed by atoms with E-state index in [9.17, 15) is 10.2 Å². The minimum Gasteiger partial charge on any atom is -0.385 e. The molecule has 2 N–H and O–H groups in total. The van der Waals surface area contributed by atoms with Gasteiger partial charge in [-0.25, -0.2) is 0 Å². The van der Waals surface area contributed by atoms with E-state index in [1.54, 1.807) is 0 Å². The van der Waals surface area contributed by atoms with Gasteiger partial charge in [0.2, 0.25) is 0 Å². The van der Waals surface area contributed by atoms with Gasteiger partial charge in [-0.3, -0.25) is 0 Å². The van der Waals surface area contributed by atoms with Crippen LogP contribution < -0.4 is 0 Å². The Labute approximate surface area is 127 Å². The van der Waals surface area contributed by atoms with Crippen molar-refractivity contribution in [3.05, 3.63) is 71.8 Å². The van der Waals surface area contributed by atoms with Crippen LogP contribution in [-0.4, -0.2) is 10.2 Å². The second-order valence-corrected chi connectivity index (χ2v) is 6.01. The van der Waals surface area contributed by atoms with Crippen LogP contribution in [0.1, 0.15) is 23.3 Å². The molecule has 22 heavy (non-hydrogen) atoms. The van der Waals surface area contributed by atoms with E-state index in [0.29, 0.717) is 0 Å². The monoisotopic (exact) mass is 286 g/mol. The minimum atomic E-state index is -0.894. The Balaban J connectivity index is 2.17. The molecule has 1 aliphatic rings. The van der Waals surface area contributed by atoms with Crippen molar-refractivity contribution in [3.63, 3.8) is 0 Å². The third-order valence-electron chi connectivity index (χ3n) is 4.85. The van der Waals surface area contributed by atoms with Crippen molar-refractivity contribution >= 4 is 32.3 Å². The number of fused-ring (bicyclic) bond motifs is 2. The zero-order valence-corrected chi connectivity index (χ0v) is 11.8. The van der Waals surface area contributed by atoms with Crippen LogP contribution in [0.4, 0.5) is 0 Å². The molecule has 0 spiro atoms. The molecular formula is C20H14O2. The summed E-state index contributed by atoms with van der Waals surface area (Å²) < 4.78 is 0. The van der Waals surface area contributed by atoms with Crippen LogP contribution in [0.25, 0.3) is 32.3 Å². The summed E-state index contributed by atoms with van der Waals surface area (Å²) in [7, 11) is 0. The van der Waals surface area contributed by atoms with Crippen molar-refractivity contribution in [3.8, 4) is 0 Å². The lowest BCUT2D eigenvalue weighted by Crippen LogP contribution is -2.15. The minimum absolute atomic E-state index is 0.818. The largest absolute Gasteiger partial charge is 0.385 e. The lowest BCUT2D eigenvalue weighted by molar-refractivity contribution is 0.0187. The molecule has 106 valence electrons. The lowest BCUT2D eigenvalue weighted by Gasteiger charge is -2.29. The average Bonchev–Trinajstić information content (AvgIpc) is 2.56. The molecule has 0 radical (unpaired) electrons. The van der Waals surface area contributed by atoms with Crippen LogP contribution >= 0.6 is 0 Å². The van der Waals surface area contributed by atoms with E-state index in [1.807, 2.05) is 30.3 Å². The number of hydrogen-bond donors (Lipinski definition) is 2. The molecular weight excluding hydrogens is 272 g/mol. The molecule has 2 unspecified atom stereocenters. The Kier molecular flexibility index (Phi) is 2.25. The van der Waals surface area contributed by atoms with Gasteiger partial charge in [0, 0.05) is 0 Å². The lowest BCUT2D eigenvalue weighted by atomic mass is 9.80. The van der Waals surface area contributed by atoms with Crippen molar-refractivity contribution in [2.45, 2.75) is 12.2 Å². The normalized spacial score (nSPS) is 20.3. The highest BCUT2D eigenvalue weighted by Crippen LogP contribution is 2.47. The van der Waals surface area contributed by atoms with Gasteiger partial charge < -0.3 is 10.2 Å². The van der Waals surface area contributed by atoms with Gasteiger partial charge in [-0.05, 0) is 49.5 Å². The Morgan fingerprint density at radius 2 is 1.41 bits per heavy atom. The highest BCUT2D eigenvalue weighted by atomic mass is 16.3. The van der Waals surface area contributed by atoms with E-state index < -0.39 is 12.2 Å². The summed E-state index contributed by atoms with van der Waals surface area (Å²) in [5.41, 5.74) is 1.67. The summed E-state index contributed by atoms with van der Waals surface area (Å²) in [5.74, 6) is 0. The summed E-state index contributed by atoms with van der Waals surface area (Å²) in [6.07, 6.45) is -1.78. The maximum absolute atomic E-state index is 10.7. The first kappa shape index (κ1) is 12.2. The summed E-state index contributed by atoms with van der Waals surface area (Å²) in [6.45, 7) is 0. The number of aliphatic hydroxyl groups is 2. The van der Waals surface area contributed by atoms with Gasteiger partial charge in [0.15, 0.2) is 0 Å². The molecule has 4 aromatic rings. The van der Waals surface area contributed by atoms with E-state index >= 15 is 0 Å². The molecule has 5 rings (SSSR count).